The van der Waals surface area contributed by atoms with Gasteiger partial charge in [-0.1, -0.05) is 6.07 Å². The van der Waals surface area contributed by atoms with Gasteiger partial charge in [0.2, 0.25) is 5.91 Å². The second-order valence-electron chi connectivity index (χ2n) is 4.75. The lowest BCUT2D eigenvalue weighted by Crippen LogP contribution is -2.41. The average Bonchev–Trinajstić information content (AvgIpc) is 2.98. The number of ether oxygens (including phenoxy) is 1. The normalized spacial score (nSPS) is 25.0. The Hall–Kier alpha value is -0.910. The van der Waals surface area contributed by atoms with Crippen LogP contribution in [-0.4, -0.2) is 30.7 Å². The van der Waals surface area contributed by atoms with Crippen molar-refractivity contribution in [2.75, 3.05) is 6.54 Å². The topological polar surface area (TPSA) is 64.4 Å². The molecule has 1 aromatic rings. The van der Waals surface area contributed by atoms with E-state index in [1.807, 2.05) is 13.0 Å². The summed E-state index contributed by atoms with van der Waals surface area (Å²) >= 11 is 1.72. The van der Waals surface area contributed by atoms with Crippen molar-refractivity contribution in [3.63, 3.8) is 0 Å². The summed E-state index contributed by atoms with van der Waals surface area (Å²) in [4.78, 5) is 13.3. The van der Waals surface area contributed by atoms with Gasteiger partial charge in [-0.15, -0.1) is 11.3 Å². The van der Waals surface area contributed by atoms with E-state index in [1.54, 1.807) is 11.3 Å². The van der Waals surface area contributed by atoms with Crippen molar-refractivity contribution in [3.8, 4) is 0 Å². The summed E-state index contributed by atoms with van der Waals surface area (Å²) in [5, 5.41) is 5.06. The predicted molar refractivity (Wildman–Crippen MR) is 72.6 cm³/mol. The number of hydrogen-bond donors (Lipinski definition) is 2. The molecule has 0 spiro atoms. The summed E-state index contributed by atoms with van der Waals surface area (Å²) in [6.07, 6.45) is 2.27. The maximum Gasteiger partial charge on any atom is 0.249 e. The summed E-state index contributed by atoms with van der Waals surface area (Å²) in [6.45, 7) is 2.52. The van der Waals surface area contributed by atoms with Gasteiger partial charge in [0.05, 0.1) is 6.10 Å². The molecule has 3 atom stereocenters. The number of nitrogens with two attached hydrogens (primary N) is 1. The molecular formula is C13H20N2O2S. The molecular weight excluding hydrogens is 248 g/mol. The van der Waals surface area contributed by atoms with E-state index in [9.17, 15) is 4.79 Å². The minimum atomic E-state index is -0.315. The summed E-state index contributed by atoms with van der Waals surface area (Å²) in [5.41, 5.74) is 5.53. The Morgan fingerprint density at radius 3 is 3.11 bits per heavy atom. The molecule has 2 heterocycles. The highest BCUT2D eigenvalue weighted by Gasteiger charge is 2.30. The van der Waals surface area contributed by atoms with E-state index in [1.165, 1.54) is 4.88 Å². The van der Waals surface area contributed by atoms with Crippen LogP contribution in [0.15, 0.2) is 17.5 Å². The number of nitrogens with one attached hydrogen (secondary N) is 1. The first-order valence-corrected chi connectivity index (χ1v) is 7.25. The van der Waals surface area contributed by atoms with Crippen molar-refractivity contribution in [2.24, 2.45) is 5.73 Å². The molecule has 1 fully saturated rings. The second-order valence-corrected chi connectivity index (χ2v) is 5.79. The summed E-state index contributed by atoms with van der Waals surface area (Å²) < 4.78 is 5.57. The molecule has 1 saturated heterocycles. The van der Waals surface area contributed by atoms with E-state index in [2.05, 4.69) is 16.8 Å². The molecule has 5 heteroatoms. The Bertz CT molecular complexity index is 380. The van der Waals surface area contributed by atoms with Gasteiger partial charge < -0.3 is 15.8 Å². The molecule has 1 aliphatic heterocycles. The Morgan fingerprint density at radius 1 is 1.67 bits per heavy atom. The fourth-order valence-corrected chi connectivity index (χ4v) is 3.02. The number of carbonyl (C=O) groups excluding carboxylic acids is 1. The Labute approximate surface area is 112 Å². The molecule has 2 rings (SSSR count). The van der Waals surface area contributed by atoms with E-state index in [0.717, 1.165) is 19.3 Å². The zero-order valence-electron chi connectivity index (χ0n) is 10.6. The fourth-order valence-electron chi connectivity index (χ4n) is 2.19. The third-order valence-corrected chi connectivity index (χ3v) is 4.04. The van der Waals surface area contributed by atoms with Gasteiger partial charge in [0, 0.05) is 23.9 Å². The van der Waals surface area contributed by atoms with Gasteiger partial charge in [-0.3, -0.25) is 4.79 Å². The Kier molecular flexibility index (Phi) is 4.74. The summed E-state index contributed by atoms with van der Waals surface area (Å²) in [5.74, 6) is -0.00462. The lowest BCUT2D eigenvalue weighted by Gasteiger charge is -2.17. The maximum atomic E-state index is 12.0. The summed E-state index contributed by atoms with van der Waals surface area (Å²) in [7, 11) is 0. The van der Waals surface area contributed by atoms with Crippen LogP contribution >= 0.6 is 11.3 Å². The van der Waals surface area contributed by atoms with Crippen LogP contribution in [0.5, 0.6) is 0 Å². The number of thiophene rings is 1. The zero-order valence-corrected chi connectivity index (χ0v) is 11.4. The Morgan fingerprint density at radius 2 is 2.50 bits per heavy atom. The predicted octanol–water partition coefficient (Wildman–Crippen LogP) is 1.30. The fraction of sp³-hybridized carbons (Fsp3) is 0.615. The highest BCUT2D eigenvalue weighted by atomic mass is 32.1. The third kappa shape index (κ3) is 3.54. The average molecular weight is 268 g/mol. The molecule has 0 radical (unpaired) electrons. The third-order valence-electron chi connectivity index (χ3n) is 3.14. The van der Waals surface area contributed by atoms with E-state index >= 15 is 0 Å². The van der Waals surface area contributed by atoms with Crippen LogP contribution in [-0.2, 0) is 16.0 Å². The van der Waals surface area contributed by atoms with Crippen LogP contribution in [0.1, 0.15) is 24.6 Å². The molecule has 1 aromatic heterocycles. The lowest BCUT2D eigenvalue weighted by molar-refractivity contribution is -0.132. The number of rotatable bonds is 5. The van der Waals surface area contributed by atoms with Crippen molar-refractivity contribution in [1.82, 2.24) is 5.32 Å². The van der Waals surface area contributed by atoms with Gasteiger partial charge in [0.25, 0.3) is 0 Å². The first-order valence-electron chi connectivity index (χ1n) is 6.37. The van der Waals surface area contributed by atoms with Crippen LogP contribution in [0.25, 0.3) is 0 Å². The van der Waals surface area contributed by atoms with E-state index < -0.39 is 0 Å². The number of hydrogen-bond acceptors (Lipinski definition) is 4. The van der Waals surface area contributed by atoms with Gasteiger partial charge in [-0.2, -0.15) is 0 Å². The van der Waals surface area contributed by atoms with Crippen LogP contribution < -0.4 is 11.1 Å². The van der Waals surface area contributed by atoms with Crippen molar-refractivity contribution >= 4 is 17.2 Å². The van der Waals surface area contributed by atoms with Gasteiger partial charge in [-0.05, 0) is 31.2 Å². The molecule has 0 aliphatic carbocycles. The molecule has 1 aliphatic rings. The van der Waals surface area contributed by atoms with Crippen molar-refractivity contribution in [2.45, 2.75) is 44.4 Å². The second kappa shape index (κ2) is 6.31. The molecule has 0 aromatic carbocycles. The van der Waals surface area contributed by atoms with E-state index in [4.69, 9.17) is 10.5 Å². The smallest absolute Gasteiger partial charge is 0.249 e. The molecule has 18 heavy (non-hydrogen) atoms. The quantitative estimate of drug-likeness (QED) is 0.846. The van der Waals surface area contributed by atoms with Crippen molar-refractivity contribution < 1.29 is 9.53 Å². The molecule has 3 N–H and O–H groups in total. The molecule has 3 unspecified atom stereocenters. The van der Waals surface area contributed by atoms with Crippen molar-refractivity contribution in [3.05, 3.63) is 22.4 Å². The zero-order chi connectivity index (χ0) is 13.0. The van der Waals surface area contributed by atoms with Gasteiger partial charge in [0.1, 0.15) is 6.10 Å². The molecule has 4 nitrogen and oxygen atoms in total. The van der Waals surface area contributed by atoms with Gasteiger partial charge >= 0.3 is 0 Å². The highest BCUT2D eigenvalue weighted by molar-refractivity contribution is 7.09. The van der Waals surface area contributed by atoms with Gasteiger partial charge in [0.15, 0.2) is 0 Å². The molecule has 0 bridgehead atoms. The molecule has 1 amide bonds. The van der Waals surface area contributed by atoms with Crippen LogP contribution in [0.3, 0.4) is 0 Å². The van der Waals surface area contributed by atoms with Crippen molar-refractivity contribution in [1.29, 1.82) is 0 Å². The lowest BCUT2D eigenvalue weighted by atomic mass is 10.1. The first kappa shape index (κ1) is 13.5. The first-order chi connectivity index (χ1) is 8.69. The van der Waals surface area contributed by atoms with E-state index in [0.29, 0.717) is 6.54 Å². The SMILES string of the molecule is CC(Cc1cccs1)NC(=O)C1CCC(CN)O1. The van der Waals surface area contributed by atoms with Crippen LogP contribution in [0.2, 0.25) is 0 Å². The summed E-state index contributed by atoms with van der Waals surface area (Å²) in [6, 6.07) is 4.25. The van der Waals surface area contributed by atoms with Crippen LogP contribution in [0.4, 0.5) is 0 Å². The maximum absolute atomic E-state index is 12.0. The van der Waals surface area contributed by atoms with E-state index in [-0.39, 0.29) is 24.2 Å². The minimum Gasteiger partial charge on any atom is -0.364 e. The van der Waals surface area contributed by atoms with Gasteiger partial charge in [-0.25, -0.2) is 0 Å². The Balaban J connectivity index is 1.77. The molecule has 100 valence electrons. The van der Waals surface area contributed by atoms with Crippen LogP contribution in [0, 0.1) is 0 Å². The monoisotopic (exact) mass is 268 g/mol. The standard InChI is InChI=1S/C13H20N2O2S/c1-9(7-11-3-2-6-18-11)15-13(16)12-5-4-10(8-14)17-12/h2-3,6,9-10,12H,4-5,7-8,14H2,1H3,(H,15,16). The largest absolute Gasteiger partial charge is 0.364 e. The number of amides is 1. The highest BCUT2D eigenvalue weighted by Crippen LogP contribution is 2.19. The molecule has 0 saturated carbocycles. The minimum absolute atomic E-state index is 0.00462. The number of carbonyl (C=O) groups is 1.